The number of carbonyl (C=O) groups is 3. The fraction of sp³-hybridized carbons (Fsp3) is 0.700. The molecule has 0 fully saturated rings. The van der Waals surface area contributed by atoms with Gasteiger partial charge in [0.1, 0.15) is 12.1 Å². The summed E-state index contributed by atoms with van der Waals surface area (Å²) in [5, 5.41) is 13.5. The highest BCUT2D eigenvalue weighted by Gasteiger charge is 2.27. The smallest absolute Gasteiger partial charge is 0.326 e. The van der Waals surface area contributed by atoms with E-state index in [1.54, 1.807) is 6.92 Å². The molecule has 1 unspecified atom stereocenters. The zero-order valence-corrected chi connectivity index (χ0v) is 10.2. The number of rotatable bonds is 6. The second kappa shape index (κ2) is 6.72. The number of carboxylic acids is 1. The van der Waals surface area contributed by atoms with Gasteiger partial charge in [-0.05, 0) is 12.8 Å². The lowest BCUT2D eigenvalue weighted by Crippen LogP contribution is -2.53. The molecule has 0 bridgehead atoms. The van der Waals surface area contributed by atoms with Gasteiger partial charge in [0.15, 0.2) is 0 Å². The van der Waals surface area contributed by atoms with Crippen molar-refractivity contribution in [1.29, 1.82) is 0 Å². The molecule has 7 heteroatoms. The van der Waals surface area contributed by atoms with E-state index < -0.39 is 30.0 Å². The Balaban J connectivity index is 4.50. The molecule has 0 aliphatic rings. The lowest BCUT2D eigenvalue weighted by molar-refractivity contribution is -0.143. The first-order chi connectivity index (χ1) is 7.79. The number of nitrogens with one attached hydrogen (secondary N) is 2. The molecule has 0 radical (unpaired) electrons. The minimum Gasteiger partial charge on any atom is -0.480 e. The first-order valence-corrected chi connectivity index (χ1v) is 5.38. The molecule has 0 aromatic carbocycles. The first-order valence-electron chi connectivity index (χ1n) is 5.38. The summed E-state index contributed by atoms with van der Waals surface area (Å²) in [5.74, 6) is -1.87. The Bertz CT molecular complexity index is 306. The number of aliphatic carboxylic acids is 1. The summed E-state index contributed by atoms with van der Waals surface area (Å²) in [6.07, 6.45) is 0.620. The molecule has 0 spiro atoms. The number of urea groups is 1. The third kappa shape index (κ3) is 5.19. The molecule has 17 heavy (non-hydrogen) atoms. The van der Waals surface area contributed by atoms with E-state index in [0.717, 1.165) is 0 Å². The maximum atomic E-state index is 11.6. The molecule has 0 saturated heterocycles. The quantitative estimate of drug-likeness (QED) is 0.511. The first kappa shape index (κ1) is 15.2. The molecular formula is C10H19N3O4. The van der Waals surface area contributed by atoms with E-state index >= 15 is 0 Å². The SMILES string of the molecule is CC[C@H](C)[C@H](NC(=O)C(C)NC(N)=O)C(=O)O. The van der Waals surface area contributed by atoms with Gasteiger partial charge in [0, 0.05) is 0 Å². The summed E-state index contributed by atoms with van der Waals surface area (Å²) in [6, 6.07) is -2.66. The van der Waals surface area contributed by atoms with Crippen molar-refractivity contribution in [2.45, 2.75) is 39.3 Å². The van der Waals surface area contributed by atoms with Gasteiger partial charge in [0.25, 0.3) is 0 Å². The third-order valence-corrected chi connectivity index (χ3v) is 2.53. The Kier molecular flexibility index (Phi) is 6.01. The Labute approximate surface area is 99.7 Å². The topological polar surface area (TPSA) is 122 Å². The number of primary amides is 1. The van der Waals surface area contributed by atoms with Crippen LogP contribution in [-0.4, -0.2) is 35.1 Å². The van der Waals surface area contributed by atoms with Gasteiger partial charge in [0.2, 0.25) is 5.91 Å². The zero-order valence-electron chi connectivity index (χ0n) is 10.2. The van der Waals surface area contributed by atoms with Gasteiger partial charge in [0.05, 0.1) is 0 Å². The standard InChI is InChI=1S/C10H19N3O4/c1-4-5(2)7(9(15)16)13-8(14)6(3)12-10(11)17/h5-7H,4H2,1-3H3,(H,13,14)(H,15,16)(H3,11,12,17)/t5-,6?,7-/m0/s1. The second-order valence-corrected chi connectivity index (χ2v) is 3.94. The van der Waals surface area contributed by atoms with Crippen molar-refractivity contribution in [2.24, 2.45) is 11.7 Å². The van der Waals surface area contributed by atoms with Crippen LogP contribution in [0.2, 0.25) is 0 Å². The van der Waals surface area contributed by atoms with Crippen molar-refractivity contribution in [3.05, 3.63) is 0 Å². The largest absolute Gasteiger partial charge is 0.480 e. The number of carboxylic acid groups (broad SMARTS) is 1. The highest BCUT2D eigenvalue weighted by atomic mass is 16.4. The van der Waals surface area contributed by atoms with Gasteiger partial charge in [-0.15, -0.1) is 0 Å². The van der Waals surface area contributed by atoms with Crippen molar-refractivity contribution >= 4 is 17.9 Å². The lowest BCUT2D eigenvalue weighted by atomic mass is 9.99. The molecule has 3 amide bonds. The monoisotopic (exact) mass is 245 g/mol. The van der Waals surface area contributed by atoms with Crippen LogP contribution in [0, 0.1) is 5.92 Å². The maximum Gasteiger partial charge on any atom is 0.326 e. The molecule has 0 aliphatic heterocycles. The van der Waals surface area contributed by atoms with Gasteiger partial charge < -0.3 is 21.5 Å². The van der Waals surface area contributed by atoms with Crippen LogP contribution in [0.15, 0.2) is 0 Å². The number of hydrogen-bond donors (Lipinski definition) is 4. The normalized spacial score (nSPS) is 15.5. The Hall–Kier alpha value is -1.79. The number of hydrogen-bond acceptors (Lipinski definition) is 3. The molecule has 0 heterocycles. The van der Waals surface area contributed by atoms with Crippen molar-refractivity contribution in [2.75, 3.05) is 0 Å². The lowest BCUT2D eigenvalue weighted by Gasteiger charge is -2.22. The summed E-state index contributed by atoms with van der Waals surface area (Å²) >= 11 is 0. The highest BCUT2D eigenvalue weighted by molar-refractivity contribution is 5.89. The molecule has 0 aromatic rings. The van der Waals surface area contributed by atoms with Gasteiger partial charge in [-0.25, -0.2) is 9.59 Å². The molecule has 0 aliphatic carbocycles. The molecule has 0 rings (SSSR count). The Morgan fingerprint density at radius 3 is 2.12 bits per heavy atom. The third-order valence-electron chi connectivity index (χ3n) is 2.53. The van der Waals surface area contributed by atoms with Crippen LogP contribution in [-0.2, 0) is 9.59 Å². The molecule has 5 N–H and O–H groups in total. The summed E-state index contributed by atoms with van der Waals surface area (Å²) in [4.78, 5) is 33.1. The van der Waals surface area contributed by atoms with Gasteiger partial charge >= 0.3 is 12.0 Å². The van der Waals surface area contributed by atoms with E-state index in [-0.39, 0.29) is 5.92 Å². The van der Waals surface area contributed by atoms with Crippen molar-refractivity contribution < 1.29 is 19.5 Å². The van der Waals surface area contributed by atoms with Crippen LogP contribution in [0.25, 0.3) is 0 Å². The Morgan fingerprint density at radius 2 is 1.76 bits per heavy atom. The minimum absolute atomic E-state index is 0.197. The summed E-state index contributed by atoms with van der Waals surface area (Å²) in [7, 11) is 0. The van der Waals surface area contributed by atoms with Crippen molar-refractivity contribution in [3.8, 4) is 0 Å². The highest BCUT2D eigenvalue weighted by Crippen LogP contribution is 2.08. The zero-order chi connectivity index (χ0) is 13.6. The van der Waals surface area contributed by atoms with E-state index in [2.05, 4.69) is 10.6 Å². The van der Waals surface area contributed by atoms with E-state index in [9.17, 15) is 14.4 Å². The number of carbonyl (C=O) groups excluding carboxylic acids is 2. The van der Waals surface area contributed by atoms with E-state index in [4.69, 9.17) is 10.8 Å². The van der Waals surface area contributed by atoms with Crippen LogP contribution >= 0.6 is 0 Å². The second-order valence-electron chi connectivity index (χ2n) is 3.94. The van der Waals surface area contributed by atoms with E-state index in [0.29, 0.717) is 6.42 Å². The molecular weight excluding hydrogens is 226 g/mol. The predicted octanol–water partition coefficient (Wildman–Crippen LogP) is -0.341. The van der Waals surface area contributed by atoms with E-state index in [1.807, 2.05) is 6.92 Å². The fourth-order valence-electron chi connectivity index (χ4n) is 1.24. The maximum absolute atomic E-state index is 11.6. The van der Waals surface area contributed by atoms with Crippen molar-refractivity contribution in [3.63, 3.8) is 0 Å². The van der Waals surface area contributed by atoms with Crippen LogP contribution in [0.5, 0.6) is 0 Å². The summed E-state index contributed by atoms with van der Waals surface area (Å²) in [6.45, 7) is 4.98. The summed E-state index contributed by atoms with van der Waals surface area (Å²) < 4.78 is 0. The number of amides is 3. The van der Waals surface area contributed by atoms with Gasteiger partial charge in [-0.1, -0.05) is 20.3 Å². The van der Waals surface area contributed by atoms with Crippen LogP contribution in [0.1, 0.15) is 27.2 Å². The predicted molar refractivity (Wildman–Crippen MR) is 61.2 cm³/mol. The van der Waals surface area contributed by atoms with Gasteiger partial charge in [-0.3, -0.25) is 4.79 Å². The van der Waals surface area contributed by atoms with Crippen LogP contribution in [0.4, 0.5) is 4.79 Å². The molecule has 0 saturated carbocycles. The summed E-state index contributed by atoms with van der Waals surface area (Å²) in [5.41, 5.74) is 4.86. The van der Waals surface area contributed by atoms with Crippen LogP contribution < -0.4 is 16.4 Å². The number of nitrogens with two attached hydrogens (primary N) is 1. The molecule has 0 aromatic heterocycles. The fourth-order valence-corrected chi connectivity index (χ4v) is 1.24. The minimum atomic E-state index is -1.10. The average molecular weight is 245 g/mol. The van der Waals surface area contributed by atoms with E-state index in [1.165, 1.54) is 6.92 Å². The molecule has 98 valence electrons. The van der Waals surface area contributed by atoms with Crippen molar-refractivity contribution in [1.82, 2.24) is 10.6 Å². The average Bonchev–Trinajstić information content (AvgIpc) is 2.22. The molecule has 7 nitrogen and oxygen atoms in total. The molecule has 3 atom stereocenters. The van der Waals surface area contributed by atoms with Gasteiger partial charge in [-0.2, -0.15) is 0 Å². The Morgan fingerprint density at radius 1 is 1.24 bits per heavy atom. The van der Waals surface area contributed by atoms with Crippen LogP contribution in [0.3, 0.4) is 0 Å².